The lowest BCUT2D eigenvalue weighted by Crippen LogP contribution is -2.44. The van der Waals surface area contributed by atoms with Gasteiger partial charge in [-0.05, 0) is 54.3 Å². The number of rotatable bonds is 25. The summed E-state index contributed by atoms with van der Waals surface area (Å²) in [6, 6.07) is 26.1. The molecule has 0 bridgehead atoms. The number of alkyl carbamates (subject to hydrolysis) is 1. The van der Waals surface area contributed by atoms with E-state index in [1.807, 2.05) is 37.4 Å². The van der Waals surface area contributed by atoms with Crippen LogP contribution < -0.4 is 21.3 Å². The van der Waals surface area contributed by atoms with Crippen LogP contribution in [0.1, 0.15) is 29.5 Å². The van der Waals surface area contributed by atoms with E-state index >= 15 is 0 Å². The van der Waals surface area contributed by atoms with E-state index in [1.165, 1.54) is 12.7 Å². The number of hydrogen-bond acceptors (Lipinski definition) is 10. The Kier molecular flexibility index (Phi) is 19.6. The fraction of sp³-hybridized carbons (Fsp3) is 0.459. The topological polar surface area (TPSA) is 128 Å². The third-order valence-corrected chi connectivity index (χ3v) is 7.35. The number of esters is 1. The number of ether oxygens (including phenoxy) is 5. The molecular weight excluding hydrogens is 612 g/mol. The Morgan fingerprint density at radius 2 is 1.23 bits per heavy atom. The van der Waals surface area contributed by atoms with E-state index < -0.39 is 6.09 Å². The molecule has 3 aromatic rings. The maximum atomic E-state index is 11.9. The van der Waals surface area contributed by atoms with Crippen molar-refractivity contribution in [2.75, 3.05) is 73.4 Å². The van der Waals surface area contributed by atoms with Gasteiger partial charge in [-0.1, -0.05) is 78.9 Å². The highest BCUT2D eigenvalue weighted by Gasteiger charge is 2.17. The number of nitrogens with one attached hydrogen (secondary N) is 4. The van der Waals surface area contributed by atoms with Crippen LogP contribution >= 0.6 is 0 Å². The first-order chi connectivity index (χ1) is 23.6. The van der Waals surface area contributed by atoms with Crippen LogP contribution in [0.2, 0.25) is 0 Å². The molecule has 1 atom stereocenters. The molecule has 1 amide bonds. The zero-order valence-corrected chi connectivity index (χ0v) is 28.3. The van der Waals surface area contributed by atoms with Gasteiger partial charge in [-0.3, -0.25) is 10.1 Å². The molecule has 1 unspecified atom stereocenters. The van der Waals surface area contributed by atoms with Gasteiger partial charge in [0.05, 0.1) is 33.5 Å². The first-order valence-electron chi connectivity index (χ1n) is 16.6. The molecule has 11 nitrogen and oxygen atoms in total. The van der Waals surface area contributed by atoms with Crippen molar-refractivity contribution in [3.63, 3.8) is 0 Å². The average Bonchev–Trinajstić information content (AvgIpc) is 3.13. The van der Waals surface area contributed by atoms with E-state index in [-0.39, 0.29) is 18.6 Å². The molecule has 11 heteroatoms. The molecule has 262 valence electrons. The second-order valence-corrected chi connectivity index (χ2v) is 11.1. The zero-order chi connectivity index (χ0) is 34.1. The minimum absolute atomic E-state index is 0.260. The molecule has 0 saturated heterocycles. The van der Waals surface area contributed by atoms with Crippen LogP contribution in [0.15, 0.2) is 78.9 Å². The monoisotopic (exact) mass is 664 g/mol. The molecular formula is C37H52N4O7. The Labute approximate surface area is 285 Å². The summed E-state index contributed by atoms with van der Waals surface area (Å²) in [5.74, 6) is -0.274. The smallest absolute Gasteiger partial charge is 0.407 e. The van der Waals surface area contributed by atoms with Crippen LogP contribution in [0.5, 0.6) is 0 Å². The third-order valence-electron chi connectivity index (χ3n) is 7.35. The van der Waals surface area contributed by atoms with Crippen molar-refractivity contribution in [3.05, 3.63) is 95.6 Å². The molecule has 3 rings (SSSR count). The summed E-state index contributed by atoms with van der Waals surface area (Å²) in [6.07, 6.45) is 1.20. The molecule has 0 aromatic heterocycles. The van der Waals surface area contributed by atoms with Crippen molar-refractivity contribution in [2.24, 2.45) is 0 Å². The minimum Gasteiger partial charge on any atom is -0.468 e. The highest BCUT2D eigenvalue weighted by molar-refractivity contribution is 5.76. The molecule has 48 heavy (non-hydrogen) atoms. The fourth-order valence-corrected chi connectivity index (χ4v) is 4.67. The number of benzene rings is 3. The summed E-state index contributed by atoms with van der Waals surface area (Å²) >= 11 is 0. The standard InChI is InChI=1S/C37H52N4O7/c1-38-28-35(36(42)44-2)41-27-31-12-16-34(17-13-31)33-14-10-30(11-15-33)26-39-18-6-20-45-22-24-47-25-23-46-21-7-19-40-37(43)48-29-32-8-4-3-5-9-32/h3-5,8-17,35,38-39,41H,6-7,18-29H2,1-2H3,(H,40,43). The van der Waals surface area contributed by atoms with Crippen molar-refractivity contribution in [1.82, 2.24) is 21.3 Å². The summed E-state index contributed by atoms with van der Waals surface area (Å²) in [4.78, 5) is 23.6. The number of methoxy groups -OCH3 is 1. The van der Waals surface area contributed by atoms with Crippen molar-refractivity contribution in [3.8, 4) is 11.1 Å². The molecule has 0 saturated carbocycles. The first kappa shape index (κ1) is 38.6. The summed E-state index contributed by atoms with van der Waals surface area (Å²) in [7, 11) is 3.21. The molecule has 3 aromatic carbocycles. The van der Waals surface area contributed by atoms with Crippen LogP contribution in [-0.4, -0.2) is 91.5 Å². The third kappa shape index (κ3) is 16.3. The van der Waals surface area contributed by atoms with Crippen molar-refractivity contribution < 1.29 is 33.3 Å². The predicted octanol–water partition coefficient (Wildman–Crippen LogP) is 4.05. The lowest BCUT2D eigenvalue weighted by atomic mass is 10.0. The average molecular weight is 665 g/mol. The van der Waals surface area contributed by atoms with E-state index in [2.05, 4.69) is 69.8 Å². The number of hydrogen-bond donors (Lipinski definition) is 4. The van der Waals surface area contributed by atoms with E-state index in [0.717, 1.165) is 41.8 Å². The Hall–Kier alpha value is -3.84. The van der Waals surface area contributed by atoms with E-state index in [1.54, 1.807) is 0 Å². The lowest BCUT2D eigenvalue weighted by Gasteiger charge is -2.16. The number of likely N-dealkylation sites (N-methyl/N-ethyl adjacent to an activating group) is 1. The molecule has 0 heterocycles. The van der Waals surface area contributed by atoms with Crippen LogP contribution in [0.3, 0.4) is 0 Å². The van der Waals surface area contributed by atoms with Crippen molar-refractivity contribution in [2.45, 2.75) is 38.6 Å². The number of carbonyl (C=O) groups excluding carboxylic acids is 2. The van der Waals surface area contributed by atoms with Crippen molar-refractivity contribution >= 4 is 12.1 Å². The Bertz CT molecular complexity index is 1280. The fourth-order valence-electron chi connectivity index (χ4n) is 4.67. The maximum Gasteiger partial charge on any atom is 0.407 e. The van der Waals surface area contributed by atoms with Gasteiger partial charge in [0, 0.05) is 39.4 Å². The molecule has 0 aliphatic heterocycles. The number of carbonyl (C=O) groups is 2. The summed E-state index contributed by atoms with van der Waals surface area (Å²) < 4.78 is 26.8. The molecule has 0 aliphatic carbocycles. The van der Waals surface area contributed by atoms with E-state index in [0.29, 0.717) is 65.7 Å². The van der Waals surface area contributed by atoms with Gasteiger partial charge in [-0.25, -0.2) is 4.79 Å². The highest BCUT2D eigenvalue weighted by atomic mass is 16.6. The summed E-state index contributed by atoms with van der Waals surface area (Å²) in [5.41, 5.74) is 5.60. The van der Waals surface area contributed by atoms with Crippen molar-refractivity contribution in [1.29, 1.82) is 0 Å². The second-order valence-electron chi connectivity index (χ2n) is 11.1. The maximum absolute atomic E-state index is 11.9. The molecule has 0 aliphatic rings. The Morgan fingerprint density at radius 3 is 1.81 bits per heavy atom. The highest BCUT2D eigenvalue weighted by Crippen LogP contribution is 2.20. The van der Waals surface area contributed by atoms with Gasteiger partial charge < -0.3 is 39.6 Å². The van der Waals surface area contributed by atoms with Gasteiger partial charge in [-0.15, -0.1) is 0 Å². The van der Waals surface area contributed by atoms with Crippen LogP contribution in [0, 0.1) is 0 Å². The second kappa shape index (κ2) is 24.3. The largest absolute Gasteiger partial charge is 0.468 e. The van der Waals surface area contributed by atoms with Gasteiger partial charge in [0.25, 0.3) is 0 Å². The Balaban J connectivity index is 1.12. The molecule has 0 fully saturated rings. The zero-order valence-electron chi connectivity index (χ0n) is 28.3. The molecule has 0 radical (unpaired) electrons. The summed E-state index contributed by atoms with van der Waals surface area (Å²) in [5, 5.41) is 12.4. The summed E-state index contributed by atoms with van der Waals surface area (Å²) in [6.45, 7) is 6.84. The predicted molar refractivity (Wildman–Crippen MR) is 186 cm³/mol. The number of amides is 1. The first-order valence-corrected chi connectivity index (χ1v) is 16.6. The van der Waals surface area contributed by atoms with E-state index in [4.69, 9.17) is 23.7 Å². The van der Waals surface area contributed by atoms with E-state index in [9.17, 15) is 9.59 Å². The quantitative estimate of drug-likeness (QED) is 0.0778. The SMILES string of the molecule is CNCC(NCc1ccc(-c2ccc(CNCCCOCCOCCOCCCNC(=O)OCc3ccccc3)cc2)cc1)C(=O)OC. The molecule has 0 spiro atoms. The van der Waals surface area contributed by atoms with Gasteiger partial charge in [-0.2, -0.15) is 0 Å². The normalized spacial score (nSPS) is 11.6. The van der Waals surface area contributed by atoms with Gasteiger partial charge in [0.1, 0.15) is 12.6 Å². The Morgan fingerprint density at radius 1 is 0.667 bits per heavy atom. The molecule has 4 N–H and O–H groups in total. The van der Waals surface area contributed by atoms with Crippen LogP contribution in [0.25, 0.3) is 11.1 Å². The minimum atomic E-state index is -0.424. The van der Waals surface area contributed by atoms with Crippen LogP contribution in [0.4, 0.5) is 4.79 Å². The van der Waals surface area contributed by atoms with Gasteiger partial charge >= 0.3 is 12.1 Å². The lowest BCUT2D eigenvalue weighted by molar-refractivity contribution is -0.143. The van der Waals surface area contributed by atoms with Gasteiger partial charge in [0.2, 0.25) is 0 Å². The van der Waals surface area contributed by atoms with Gasteiger partial charge in [0.15, 0.2) is 0 Å². The van der Waals surface area contributed by atoms with Crippen LogP contribution in [-0.2, 0) is 48.2 Å².